The van der Waals surface area contributed by atoms with Crippen molar-refractivity contribution in [1.29, 1.82) is 5.26 Å². The van der Waals surface area contributed by atoms with Gasteiger partial charge in [-0.2, -0.15) is 10.4 Å². The van der Waals surface area contributed by atoms with Crippen LogP contribution in [0, 0.1) is 17.1 Å². The molecule has 0 unspecified atom stereocenters. The summed E-state index contributed by atoms with van der Waals surface area (Å²) in [4.78, 5) is 0. The molecule has 0 radical (unpaired) electrons. The number of nitriles is 1. The van der Waals surface area contributed by atoms with Gasteiger partial charge < -0.3 is 4.74 Å². The normalized spacial score (nSPS) is 9.94. The Morgan fingerprint density at radius 1 is 1.53 bits per heavy atom. The molecule has 0 bridgehead atoms. The lowest BCUT2D eigenvalue weighted by atomic mass is 10.2. The Balaban J connectivity index is 2.27. The molecular formula is C12H10FN3O. The van der Waals surface area contributed by atoms with E-state index in [-0.39, 0.29) is 5.56 Å². The predicted molar refractivity (Wildman–Crippen MR) is 59.1 cm³/mol. The third-order valence-corrected chi connectivity index (χ3v) is 2.22. The molecule has 0 atom stereocenters. The van der Waals surface area contributed by atoms with Crippen LogP contribution in [0.2, 0.25) is 0 Å². The van der Waals surface area contributed by atoms with Gasteiger partial charge in [-0.3, -0.25) is 4.68 Å². The molecule has 0 saturated carbocycles. The molecular weight excluding hydrogens is 221 g/mol. The van der Waals surface area contributed by atoms with Crippen molar-refractivity contribution < 1.29 is 9.13 Å². The summed E-state index contributed by atoms with van der Waals surface area (Å²) in [7, 11) is 0. The van der Waals surface area contributed by atoms with Gasteiger partial charge in [0.25, 0.3) is 0 Å². The fourth-order valence-corrected chi connectivity index (χ4v) is 1.38. The maximum Gasteiger partial charge on any atom is 0.165 e. The van der Waals surface area contributed by atoms with Crippen molar-refractivity contribution in [2.75, 3.05) is 0 Å². The van der Waals surface area contributed by atoms with Crippen LogP contribution in [-0.4, -0.2) is 9.78 Å². The quantitative estimate of drug-likeness (QED) is 0.816. The van der Waals surface area contributed by atoms with Crippen molar-refractivity contribution in [1.82, 2.24) is 9.78 Å². The van der Waals surface area contributed by atoms with Crippen LogP contribution >= 0.6 is 0 Å². The molecule has 0 fully saturated rings. The molecule has 1 aromatic carbocycles. The monoisotopic (exact) mass is 231 g/mol. The lowest BCUT2D eigenvalue weighted by Gasteiger charge is -2.04. The number of nitrogens with zero attached hydrogens (tertiary/aromatic N) is 3. The van der Waals surface area contributed by atoms with Gasteiger partial charge in [0.05, 0.1) is 18.0 Å². The van der Waals surface area contributed by atoms with Crippen molar-refractivity contribution in [3.05, 3.63) is 42.0 Å². The van der Waals surface area contributed by atoms with Crippen LogP contribution in [0.1, 0.15) is 12.5 Å². The summed E-state index contributed by atoms with van der Waals surface area (Å²) in [6, 6.07) is 5.70. The molecule has 17 heavy (non-hydrogen) atoms. The van der Waals surface area contributed by atoms with Crippen LogP contribution in [0.4, 0.5) is 4.39 Å². The van der Waals surface area contributed by atoms with Crippen molar-refractivity contribution in [2.45, 2.75) is 13.5 Å². The summed E-state index contributed by atoms with van der Waals surface area (Å²) in [6.45, 7) is 2.69. The average molecular weight is 231 g/mol. The van der Waals surface area contributed by atoms with Crippen molar-refractivity contribution in [2.24, 2.45) is 0 Å². The first kappa shape index (κ1) is 11.1. The molecule has 0 aliphatic rings. The number of ether oxygens (including phenoxy) is 1. The van der Waals surface area contributed by atoms with E-state index in [1.165, 1.54) is 12.1 Å². The highest BCUT2D eigenvalue weighted by molar-refractivity contribution is 5.44. The molecule has 0 amide bonds. The molecule has 2 aromatic rings. The molecule has 5 heteroatoms. The Kier molecular flexibility index (Phi) is 3.06. The Hall–Kier alpha value is -2.35. The molecule has 4 nitrogen and oxygen atoms in total. The zero-order valence-electron chi connectivity index (χ0n) is 9.22. The van der Waals surface area contributed by atoms with E-state index in [2.05, 4.69) is 5.10 Å². The summed E-state index contributed by atoms with van der Waals surface area (Å²) in [5.41, 5.74) is 0.161. The summed E-state index contributed by atoms with van der Waals surface area (Å²) in [6.07, 6.45) is 3.26. The van der Waals surface area contributed by atoms with E-state index in [9.17, 15) is 4.39 Å². The van der Waals surface area contributed by atoms with E-state index in [0.29, 0.717) is 11.5 Å². The van der Waals surface area contributed by atoms with E-state index in [0.717, 1.165) is 12.6 Å². The predicted octanol–water partition coefficient (Wildman–Crippen LogP) is 2.71. The summed E-state index contributed by atoms with van der Waals surface area (Å²) in [5.74, 6) is 0.387. The molecule has 0 saturated heterocycles. The zero-order valence-corrected chi connectivity index (χ0v) is 9.22. The summed E-state index contributed by atoms with van der Waals surface area (Å²) in [5, 5.41) is 12.9. The molecule has 1 aromatic heterocycles. The van der Waals surface area contributed by atoms with Gasteiger partial charge in [0.15, 0.2) is 5.75 Å². The number of hydrogen-bond acceptors (Lipinski definition) is 3. The first-order chi connectivity index (χ1) is 8.22. The third-order valence-electron chi connectivity index (χ3n) is 2.22. The molecule has 86 valence electrons. The van der Waals surface area contributed by atoms with Gasteiger partial charge in [-0.1, -0.05) is 0 Å². The number of benzene rings is 1. The third kappa shape index (κ3) is 2.42. The molecule has 2 rings (SSSR count). The molecule has 0 aliphatic heterocycles. The van der Waals surface area contributed by atoms with Crippen LogP contribution in [0.25, 0.3) is 0 Å². The second-order valence-corrected chi connectivity index (χ2v) is 3.39. The summed E-state index contributed by atoms with van der Waals surface area (Å²) >= 11 is 0. The minimum atomic E-state index is -0.460. The number of hydrogen-bond donors (Lipinski definition) is 0. The van der Waals surface area contributed by atoms with Crippen molar-refractivity contribution in [3.8, 4) is 17.6 Å². The maximum atomic E-state index is 12.9. The van der Waals surface area contributed by atoms with Gasteiger partial charge in [0.1, 0.15) is 17.6 Å². The van der Waals surface area contributed by atoms with Gasteiger partial charge in [-0.05, 0) is 25.1 Å². The van der Waals surface area contributed by atoms with Gasteiger partial charge in [0.2, 0.25) is 0 Å². The van der Waals surface area contributed by atoms with E-state index in [4.69, 9.17) is 10.00 Å². The number of rotatable bonds is 3. The minimum absolute atomic E-state index is 0.161. The van der Waals surface area contributed by atoms with Crippen LogP contribution < -0.4 is 4.74 Å². The van der Waals surface area contributed by atoms with Crippen LogP contribution in [0.3, 0.4) is 0 Å². The standard InChI is InChI=1S/C12H10FN3O/c1-2-16-8-11(7-15-16)17-12-4-3-10(13)5-9(12)6-14/h3-5,7-8H,2H2,1H3. The zero-order chi connectivity index (χ0) is 12.3. The first-order valence-electron chi connectivity index (χ1n) is 5.13. The lowest BCUT2D eigenvalue weighted by molar-refractivity contribution is 0.477. The second kappa shape index (κ2) is 4.66. The average Bonchev–Trinajstić information content (AvgIpc) is 2.79. The Morgan fingerprint density at radius 2 is 2.35 bits per heavy atom. The van der Waals surface area contributed by atoms with Gasteiger partial charge in [-0.25, -0.2) is 4.39 Å². The van der Waals surface area contributed by atoms with E-state index in [1.54, 1.807) is 17.1 Å². The number of aromatic nitrogens is 2. The molecule has 0 aliphatic carbocycles. The van der Waals surface area contributed by atoms with Crippen LogP contribution in [-0.2, 0) is 6.54 Å². The Bertz CT molecular complexity index is 571. The number of halogens is 1. The van der Waals surface area contributed by atoms with E-state index >= 15 is 0 Å². The number of aryl methyl sites for hydroxylation is 1. The molecule has 0 N–H and O–H groups in total. The Morgan fingerprint density at radius 3 is 3.00 bits per heavy atom. The van der Waals surface area contributed by atoms with Gasteiger partial charge >= 0.3 is 0 Å². The maximum absolute atomic E-state index is 12.9. The van der Waals surface area contributed by atoms with Crippen molar-refractivity contribution in [3.63, 3.8) is 0 Å². The highest BCUT2D eigenvalue weighted by Gasteiger charge is 2.07. The summed E-state index contributed by atoms with van der Waals surface area (Å²) < 4.78 is 20.1. The lowest BCUT2D eigenvalue weighted by Crippen LogP contribution is -1.92. The highest BCUT2D eigenvalue weighted by Crippen LogP contribution is 2.25. The highest BCUT2D eigenvalue weighted by atomic mass is 19.1. The van der Waals surface area contributed by atoms with Crippen LogP contribution in [0.15, 0.2) is 30.6 Å². The first-order valence-corrected chi connectivity index (χ1v) is 5.13. The molecule has 0 spiro atoms. The smallest absolute Gasteiger partial charge is 0.165 e. The second-order valence-electron chi connectivity index (χ2n) is 3.39. The minimum Gasteiger partial charge on any atom is -0.453 e. The molecule has 1 heterocycles. The topological polar surface area (TPSA) is 50.8 Å². The van der Waals surface area contributed by atoms with Gasteiger partial charge in [0, 0.05) is 6.54 Å². The van der Waals surface area contributed by atoms with E-state index < -0.39 is 5.82 Å². The van der Waals surface area contributed by atoms with Crippen molar-refractivity contribution >= 4 is 0 Å². The fraction of sp³-hybridized carbons (Fsp3) is 0.167. The SMILES string of the molecule is CCn1cc(Oc2ccc(F)cc2C#N)cn1. The van der Waals surface area contributed by atoms with E-state index in [1.807, 2.05) is 13.0 Å². The fourth-order valence-electron chi connectivity index (χ4n) is 1.38. The Labute approximate surface area is 97.9 Å². The van der Waals surface area contributed by atoms with Gasteiger partial charge in [-0.15, -0.1) is 0 Å². The largest absolute Gasteiger partial charge is 0.453 e. The van der Waals surface area contributed by atoms with Crippen LogP contribution in [0.5, 0.6) is 11.5 Å².